The maximum atomic E-state index is 12.6. The molecule has 3 nitrogen and oxygen atoms in total. The molecule has 1 aromatic carbocycles. The average molecular weight is 230 g/mol. The van der Waals surface area contributed by atoms with E-state index in [1.807, 2.05) is 0 Å². The fourth-order valence-corrected chi connectivity index (χ4v) is 3.16. The van der Waals surface area contributed by atoms with Crippen LogP contribution in [0.5, 0.6) is 0 Å². The standard InChI is InChI=1S/C10H11FO3S/c11-8-1-3-9(4-2-8)15(12,13)10-5-6-14-7-10/h1-4,10H,5-7H2. The number of rotatable bonds is 2. The molecule has 2 rings (SSSR count). The van der Waals surface area contributed by atoms with Gasteiger partial charge in [0.2, 0.25) is 0 Å². The summed E-state index contributed by atoms with van der Waals surface area (Å²) in [6.45, 7) is 0.713. The van der Waals surface area contributed by atoms with Crippen molar-refractivity contribution < 1.29 is 17.5 Å². The van der Waals surface area contributed by atoms with Crippen LogP contribution in [0.2, 0.25) is 0 Å². The van der Waals surface area contributed by atoms with Gasteiger partial charge in [0.15, 0.2) is 9.84 Å². The van der Waals surface area contributed by atoms with Gasteiger partial charge in [-0.2, -0.15) is 0 Å². The van der Waals surface area contributed by atoms with E-state index >= 15 is 0 Å². The summed E-state index contributed by atoms with van der Waals surface area (Å²) in [6.07, 6.45) is 0.514. The second-order valence-electron chi connectivity index (χ2n) is 3.48. The van der Waals surface area contributed by atoms with Crippen LogP contribution in [-0.4, -0.2) is 26.9 Å². The molecule has 0 bridgehead atoms. The molecule has 0 saturated carbocycles. The van der Waals surface area contributed by atoms with Gasteiger partial charge in [-0.25, -0.2) is 12.8 Å². The number of hydrogen-bond donors (Lipinski definition) is 0. The molecule has 0 aromatic heterocycles. The van der Waals surface area contributed by atoms with Gasteiger partial charge >= 0.3 is 0 Å². The number of halogens is 1. The van der Waals surface area contributed by atoms with E-state index in [-0.39, 0.29) is 11.5 Å². The zero-order valence-electron chi connectivity index (χ0n) is 8.02. The Morgan fingerprint density at radius 2 is 1.93 bits per heavy atom. The first-order valence-electron chi connectivity index (χ1n) is 4.68. The van der Waals surface area contributed by atoms with Gasteiger partial charge < -0.3 is 4.74 Å². The topological polar surface area (TPSA) is 43.4 Å². The van der Waals surface area contributed by atoms with Crippen molar-refractivity contribution in [3.05, 3.63) is 30.1 Å². The third-order valence-electron chi connectivity index (χ3n) is 2.47. The Balaban J connectivity index is 2.32. The molecule has 0 N–H and O–H groups in total. The lowest BCUT2D eigenvalue weighted by Crippen LogP contribution is -2.21. The first kappa shape index (κ1) is 10.6. The first-order chi connectivity index (χ1) is 7.10. The molecule has 0 radical (unpaired) electrons. The Kier molecular flexibility index (Phi) is 2.75. The maximum absolute atomic E-state index is 12.6. The largest absolute Gasteiger partial charge is 0.380 e. The van der Waals surface area contributed by atoms with Gasteiger partial charge in [-0.1, -0.05) is 0 Å². The summed E-state index contributed by atoms with van der Waals surface area (Å²) in [5, 5.41) is -0.483. The summed E-state index contributed by atoms with van der Waals surface area (Å²) in [5.74, 6) is -0.434. The molecule has 1 aliphatic heterocycles. The second kappa shape index (κ2) is 3.90. The van der Waals surface area contributed by atoms with E-state index in [1.165, 1.54) is 12.1 Å². The Labute approximate surface area is 87.8 Å². The van der Waals surface area contributed by atoms with E-state index in [9.17, 15) is 12.8 Å². The predicted octanol–water partition coefficient (Wildman–Crippen LogP) is 1.39. The molecule has 5 heteroatoms. The normalized spacial score (nSPS) is 21.8. The molecule has 1 aliphatic rings. The zero-order valence-corrected chi connectivity index (χ0v) is 8.84. The Bertz CT molecular complexity index is 432. The van der Waals surface area contributed by atoms with Crippen LogP contribution in [0.25, 0.3) is 0 Å². The lowest BCUT2D eigenvalue weighted by atomic mass is 10.3. The quantitative estimate of drug-likeness (QED) is 0.721. The van der Waals surface area contributed by atoms with Crippen LogP contribution in [-0.2, 0) is 14.6 Å². The third kappa shape index (κ3) is 2.03. The van der Waals surface area contributed by atoms with Crippen molar-refractivity contribution in [1.82, 2.24) is 0 Å². The maximum Gasteiger partial charge on any atom is 0.183 e. The number of ether oxygens (including phenoxy) is 1. The van der Waals surface area contributed by atoms with Crippen LogP contribution >= 0.6 is 0 Å². The van der Waals surface area contributed by atoms with E-state index in [1.54, 1.807) is 0 Å². The Morgan fingerprint density at radius 3 is 2.47 bits per heavy atom. The monoisotopic (exact) mass is 230 g/mol. The number of hydrogen-bond acceptors (Lipinski definition) is 3. The molecule has 1 aromatic rings. The number of sulfone groups is 1. The highest BCUT2D eigenvalue weighted by atomic mass is 32.2. The van der Waals surface area contributed by atoms with E-state index in [0.29, 0.717) is 13.0 Å². The Hall–Kier alpha value is -0.940. The molecule has 0 amide bonds. The summed E-state index contributed by atoms with van der Waals surface area (Å²) < 4.78 is 41.6. The molecule has 1 unspecified atom stereocenters. The van der Waals surface area contributed by atoms with Crippen LogP contribution < -0.4 is 0 Å². The first-order valence-corrected chi connectivity index (χ1v) is 6.22. The molecule has 1 saturated heterocycles. The lowest BCUT2D eigenvalue weighted by Gasteiger charge is -2.09. The van der Waals surface area contributed by atoms with Gasteiger partial charge in [0.1, 0.15) is 5.82 Å². The average Bonchev–Trinajstić information content (AvgIpc) is 2.71. The van der Waals surface area contributed by atoms with E-state index in [4.69, 9.17) is 4.74 Å². The molecular weight excluding hydrogens is 219 g/mol. The van der Waals surface area contributed by atoms with Gasteiger partial charge in [-0.05, 0) is 30.7 Å². The zero-order chi connectivity index (χ0) is 10.9. The van der Waals surface area contributed by atoms with Gasteiger partial charge in [-0.15, -0.1) is 0 Å². The minimum absolute atomic E-state index is 0.166. The van der Waals surface area contributed by atoms with Crippen LogP contribution in [0.15, 0.2) is 29.2 Å². The summed E-state index contributed by atoms with van der Waals surface area (Å²) in [4.78, 5) is 0.166. The highest BCUT2D eigenvalue weighted by molar-refractivity contribution is 7.92. The fourth-order valence-electron chi connectivity index (χ4n) is 1.57. The smallest absolute Gasteiger partial charge is 0.183 e. The van der Waals surface area contributed by atoms with Crippen LogP contribution in [0, 0.1) is 5.82 Å². The molecule has 0 aliphatic carbocycles. The summed E-state index contributed by atoms with van der Waals surface area (Å²) >= 11 is 0. The Morgan fingerprint density at radius 1 is 1.27 bits per heavy atom. The van der Waals surface area contributed by atoms with Crippen molar-refractivity contribution in [2.45, 2.75) is 16.6 Å². The number of benzene rings is 1. The summed E-state index contributed by atoms with van der Waals surface area (Å²) in [5.41, 5.74) is 0. The molecule has 0 spiro atoms. The predicted molar refractivity (Wildman–Crippen MR) is 52.8 cm³/mol. The molecule has 1 fully saturated rings. The fraction of sp³-hybridized carbons (Fsp3) is 0.400. The molecule has 15 heavy (non-hydrogen) atoms. The highest BCUT2D eigenvalue weighted by Crippen LogP contribution is 2.22. The van der Waals surface area contributed by atoms with Gasteiger partial charge in [0.25, 0.3) is 0 Å². The van der Waals surface area contributed by atoms with Crippen molar-refractivity contribution in [3.63, 3.8) is 0 Å². The van der Waals surface area contributed by atoms with Crippen LogP contribution in [0.4, 0.5) is 4.39 Å². The minimum atomic E-state index is -3.35. The third-order valence-corrected chi connectivity index (χ3v) is 4.65. The summed E-state index contributed by atoms with van der Waals surface area (Å²) in [6, 6.07) is 4.90. The van der Waals surface area contributed by atoms with E-state index < -0.39 is 20.9 Å². The van der Waals surface area contributed by atoms with Crippen molar-refractivity contribution in [1.29, 1.82) is 0 Å². The van der Waals surface area contributed by atoms with Gasteiger partial charge in [-0.3, -0.25) is 0 Å². The minimum Gasteiger partial charge on any atom is -0.380 e. The van der Waals surface area contributed by atoms with Crippen molar-refractivity contribution in [2.24, 2.45) is 0 Å². The van der Waals surface area contributed by atoms with E-state index in [0.717, 1.165) is 12.1 Å². The molecule has 82 valence electrons. The molecule has 1 heterocycles. The van der Waals surface area contributed by atoms with Crippen molar-refractivity contribution >= 4 is 9.84 Å². The summed E-state index contributed by atoms with van der Waals surface area (Å²) in [7, 11) is -3.35. The van der Waals surface area contributed by atoms with Crippen LogP contribution in [0.3, 0.4) is 0 Å². The SMILES string of the molecule is O=S(=O)(c1ccc(F)cc1)C1CCOC1. The van der Waals surface area contributed by atoms with Crippen molar-refractivity contribution in [3.8, 4) is 0 Å². The lowest BCUT2D eigenvalue weighted by molar-refractivity contribution is 0.198. The van der Waals surface area contributed by atoms with Crippen molar-refractivity contribution in [2.75, 3.05) is 13.2 Å². The van der Waals surface area contributed by atoms with Gasteiger partial charge in [0.05, 0.1) is 16.8 Å². The van der Waals surface area contributed by atoms with Gasteiger partial charge in [0, 0.05) is 6.61 Å². The highest BCUT2D eigenvalue weighted by Gasteiger charge is 2.30. The second-order valence-corrected chi connectivity index (χ2v) is 5.71. The van der Waals surface area contributed by atoms with E-state index in [2.05, 4.69) is 0 Å². The molecular formula is C10H11FO3S. The van der Waals surface area contributed by atoms with Crippen LogP contribution in [0.1, 0.15) is 6.42 Å². The molecule has 1 atom stereocenters.